The van der Waals surface area contributed by atoms with Crippen LogP contribution in [0.3, 0.4) is 0 Å². The van der Waals surface area contributed by atoms with Crippen molar-refractivity contribution < 1.29 is 14.3 Å². The largest absolute Gasteiger partial charge is 0.451 e. The second kappa shape index (κ2) is 7.40. The van der Waals surface area contributed by atoms with Crippen LogP contribution in [0.4, 0.5) is 5.69 Å². The second-order valence-corrected chi connectivity index (χ2v) is 7.92. The summed E-state index contributed by atoms with van der Waals surface area (Å²) in [6, 6.07) is 7.66. The molecule has 0 saturated carbocycles. The number of aryl methyl sites for hydroxylation is 2. The summed E-state index contributed by atoms with van der Waals surface area (Å²) in [7, 11) is 0. The van der Waals surface area contributed by atoms with E-state index >= 15 is 0 Å². The number of nitrogens with one attached hydrogen (secondary N) is 1. The van der Waals surface area contributed by atoms with E-state index in [2.05, 4.69) is 12.2 Å². The van der Waals surface area contributed by atoms with Crippen LogP contribution in [0.2, 0.25) is 0 Å². The van der Waals surface area contributed by atoms with Crippen molar-refractivity contribution >= 4 is 28.9 Å². The molecule has 4 nitrogen and oxygen atoms in total. The van der Waals surface area contributed by atoms with Gasteiger partial charge in [0.2, 0.25) is 0 Å². The molecule has 0 bridgehead atoms. The molecule has 0 radical (unpaired) electrons. The predicted molar refractivity (Wildman–Crippen MR) is 100 cm³/mol. The minimum Gasteiger partial charge on any atom is -0.451 e. The monoisotopic (exact) mass is 357 g/mol. The molecule has 2 aromatic rings. The zero-order valence-corrected chi connectivity index (χ0v) is 15.7. The molecule has 1 aromatic carbocycles. The maximum Gasteiger partial charge on any atom is 0.348 e. The highest BCUT2D eigenvalue weighted by Gasteiger charge is 2.21. The Bertz CT molecular complexity index is 809. The van der Waals surface area contributed by atoms with Crippen LogP contribution in [0.15, 0.2) is 24.3 Å². The quantitative estimate of drug-likeness (QED) is 0.831. The summed E-state index contributed by atoms with van der Waals surface area (Å²) in [4.78, 5) is 26.2. The van der Waals surface area contributed by atoms with Gasteiger partial charge in [-0.2, -0.15) is 0 Å². The Kier molecular flexibility index (Phi) is 5.23. The summed E-state index contributed by atoms with van der Waals surface area (Å²) >= 11 is 1.50. The molecule has 25 heavy (non-hydrogen) atoms. The number of hydrogen-bond acceptors (Lipinski definition) is 4. The first kappa shape index (κ1) is 17.7. The van der Waals surface area contributed by atoms with Gasteiger partial charge in [0, 0.05) is 10.6 Å². The smallest absolute Gasteiger partial charge is 0.348 e. The number of benzene rings is 1. The van der Waals surface area contributed by atoms with Crippen molar-refractivity contribution in [3.63, 3.8) is 0 Å². The topological polar surface area (TPSA) is 55.4 Å². The molecular weight excluding hydrogens is 334 g/mol. The van der Waals surface area contributed by atoms with E-state index in [-0.39, 0.29) is 12.5 Å². The lowest BCUT2D eigenvalue weighted by Crippen LogP contribution is -2.21. The summed E-state index contributed by atoms with van der Waals surface area (Å²) in [6.07, 6.45) is 3.22. The highest BCUT2D eigenvalue weighted by Crippen LogP contribution is 2.32. The van der Waals surface area contributed by atoms with Crippen LogP contribution in [0.25, 0.3) is 0 Å². The number of hydrogen-bond donors (Lipinski definition) is 1. The average Bonchev–Trinajstić information content (AvgIpc) is 3.00. The molecule has 1 aliphatic carbocycles. The molecule has 1 atom stereocenters. The first-order valence-electron chi connectivity index (χ1n) is 8.59. The number of ether oxygens (including phenoxy) is 1. The van der Waals surface area contributed by atoms with Crippen LogP contribution in [0.1, 0.15) is 44.6 Å². The number of amides is 1. The average molecular weight is 357 g/mol. The van der Waals surface area contributed by atoms with E-state index in [1.165, 1.54) is 28.2 Å². The zero-order valence-electron chi connectivity index (χ0n) is 14.8. The van der Waals surface area contributed by atoms with Gasteiger partial charge in [0.1, 0.15) is 4.88 Å². The summed E-state index contributed by atoms with van der Waals surface area (Å²) in [5, 5.41) is 2.80. The fourth-order valence-corrected chi connectivity index (χ4v) is 4.18. The molecular formula is C20H23NO3S. The lowest BCUT2D eigenvalue weighted by molar-refractivity contribution is -0.119. The number of rotatable bonds is 4. The molecule has 1 aliphatic rings. The number of carbonyl (C=O) groups excluding carboxylic acids is 2. The van der Waals surface area contributed by atoms with E-state index in [0.717, 1.165) is 29.7 Å². The molecule has 1 aromatic heterocycles. The summed E-state index contributed by atoms with van der Waals surface area (Å²) in [5.41, 5.74) is 4.13. The fourth-order valence-electron chi connectivity index (χ4n) is 3.08. The Morgan fingerprint density at radius 1 is 1.32 bits per heavy atom. The molecule has 1 amide bonds. The van der Waals surface area contributed by atoms with E-state index in [1.54, 1.807) is 0 Å². The van der Waals surface area contributed by atoms with E-state index in [0.29, 0.717) is 10.8 Å². The van der Waals surface area contributed by atoms with Crippen LogP contribution >= 0.6 is 11.3 Å². The van der Waals surface area contributed by atoms with E-state index in [4.69, 9.17) is 4.74 Å². The van der Waals surface area contributed by atoms with E-state index in [1.807, 2.05) is 38.1 Å². The van der Waals surface area contributed by atoms with Gasteiger partial charge in [-0.3, -0.25) is 4.79 Å². The highest BCUT2D eigenvalue weighted by molar-refractivity contribution is 7.14. The van der Waals surface area contributed by atoms with Crippen molar-refractivity contribution in [1.29, 1.82) is 0 Å². The molecule has 3 rings (SSSR count). The maximum absolute atomic E-state index is 12.2. The van der Waals surface area contributed by atoms with Gasteiger partial charge in [-0.1, -0.05) is 19.1 Å². The van der Waals surface area contributed by atoms with Crippen molar-refractivity contribution in [2.75, 3.05) is 11.9 Å². The maximum atomic E-state index is 12.2. The van der Waals surface area contributed by atoms with Gasteiger partial charge in [0.25, 0.3) is 5.91 Å². The van der Waals surface area contributed by atoms with Crippen LogP contribution < -0.4 is 5.32 Å². The van der Waals surface area contributed by atoms with Gasteiger partial charge >= 0.3 is 5.97 Å². The molecule has 5 heteroatoms. The van der Waals surface area contributed by atoms with Crippen molar-refractivity contribution in [3.05, 3.63) is 50.7 Å². The third kappa shape index (κ3) is 4.10. The molecule has 1 heterocycles. The minimum absolute atomic E-state index is 0.273. The molecule has 0 unspecified atom stereocenters. The summed E-state index contributed by atoms with van der Waals surface area (Å²) in [5.74, 6) is -0.0746. The van der Waals surface area contributed by atoms with Gasteiger partial charge in [-0.05, 0) is 67.9 Å². The van der Waals surface area contributed by atoms with Gasteiger partial charge in [0.15, 0.2) is 6.61 Å². The third-order valence-electron chi connectivity index (χ3n) is 4.74. The Morgan fingerprint density at radius 3 is 2.92 bits per heavy atom. The highest BCUT2D eigenvalue weighted by atomic mass is 32.1. The van der Waals surface area contributed by atoms with E-state index < -0.39 is 5.97 Å². The molecule has 132 valence electrons. The molecule has 0 fully saturated rings. The fraction of sp³-hybridized carbons (Fsp3) is 0.400. The SMILES string of the molecule is Cc1cccc(NC(=O)COC(=O)c2cc3c(s2)CC[C@H](C)C3)c1C. The second-order valence-electron chi connectivity index (χ2n) is 6.78. The number of thiophene rings is 1. The molecule has 0 aliphatic heterocycles. The Labute approximate surface area is 152 Å². The number of esters is 1. The minimum atomic E-state index is -0.414. The summed E-state index contributed by atoms with van der Waals surface area (Å²) in [6.45, 7) is 5.90. The molecule has 0 spiro atoms. The van der Waals surface area contributed by atoms with Crippen LogP contribution in [0.5, 0.6) is 0 Å². The lowest BCUT2D eigenvalue weighted by atomic mass is 9.90. The zero-order chi connectivity index (χ0) is 18.0. The van der Waals surface area contributed by atoms with Gasteiger partial charge in [-0.25, -0.2) is 4.79 Å². The van der Waals surface area contributed by atoms with Gasteiger partial charge < -0.3 is 10.1 Å². The number of anilines is 1. The standard InChI is InChI=1S/C20H23NO3S/c1-12-7-8-17-15(9-12)10-18(25-17)20(23)24-11-19(22)21-16-6-4-5-13(2)14(16)3/h4-6,10,12H,7-9,11H2,1-3H3,(H,21,22)/t12-/m0/s1. The van der Waals surface area contributed by atoms with Gasteiger partial charge in [0.05, 0.1) is 0 Å². The van der Waals surface area contributed by atoms with Crippen molar-refractivity contribution in [1.82, 2.24) is 0 Å². The lowest BCUT2D eigenvalue weighted by Gasteiger charge is -2.16. The Morgan fingerprint density at radius 2 is 2.12 bits per heavy atom. The van der Waals surface area contributed by atoms with Crippen LogP contribution in [0, 0.1) is 19.8 Å². The van der Waals surface area contributed by atoms with Crippen molar-refractivity contribution in [3.8, 4) is 0 Å². The number of carbonyl (C=O) groups is 2. The predicted octanol–water partition coefficient (Wildman–Crippen LogP) is 4.29. The molecule has 0 saturated heterocycles. The van der Waals surface area contributed by atoms with E-state index in [9.17, 15) is 9.59 Å². The van der Waals surface area contributed by atoms with Gasteiger partial charge in [-0.15, -0.1) is 11.3 Å². The summed E-state index contributed by atoms with van der Waals surface area (Å²) < 4.78 is 5.20. The number of fused-ring (bicyclic) bond motifs is 1. The normalized spacial score (nSPS) is 16.2. The molecule has 1 N–H and O–H groups in total. The Balaban J connectivity index is 1.57. The van der Waals surface area contributed by atoms with Crippen molar-refractivity contribution in [2.24, 2.45) is 5.92 Å². The Hall–Kier alpha value is -2.14. The van der Waals surface area contributed by atoms with Crippen LogP contribution in [-0.4, -0.2) is 18.5 Å². The first-order valence-corrected chi connectivity index (χ1v) is 9.40. The first-order chi connectivity index (χ1) is 11.9. The van der Waals surface area contributed by atoms with Crippen molar-refractivity contribution in [2.45, 2.75) is 40.0 Å². The third-order valence-corrected chi connectivity index (χ3v) is 5.96. The van der Waals surface area contributed by atoms with Crippen LogP contribution in [-0.2, 0) is 22.4 Å².